The second kappa shape index (κ2) is 4.36. The van der Waals surface area contributed by atoms with Crippen LogP contribution in [0.3, 0.4) is 0 Å². The molecule has 1 heterocycles. The third-order valence-corrected chi connectivity index (χ3v) is 2.25. The highest BCUT2D eigenvalue weighted by atomic mass is 19.2. The lowest BCUT2D eigenvalue weighted by Crippen LogP contribution is -2.15. The summed E-state index contributed by atoms with van der Waals surface area (Å²) < 4.78 is 25.8. The van der Waals surface area contributed by atoms with Crippen LogP contribution in [0, 0.1) is 11.6 Å². The van der Waals surface area contributed by atoms with Crippen LogP contribution >= 0.6 is 0 Å². The Balaban J connectivity index is 2.69. The average molecular weight is 252 g/mol. The maximum atomic E-state index is 13.1. The number of rotatable bonds is 2. The number of benzene rings is 1. The zero-order valence-electron chi connectivity index (χ0n) is 8.78. The minimum Gasteiger partial charge on any atom is -0.478 e. The number of H-pyrrole nitrogens is 1. The summed E-state index contributed by atoms with van der Waals surface area (Å²) in [5.74, 6) is -3.54. The standard InChI is InChI=1S/C11H6F2N2O3/c12-7-2-1-5(3-8(7)13)9-6(10(16)17)4-14-11(18)15-9/h1-4H,(H,16,17)(H,14,15,18). The zero-order valence-corrected chi connectivity index (χ0v) is 8.78. The lowest BCUT2D eigenvalue weighted by Gasteiger charge is -2.05. The Morgan fingerprint density at radius 2 is 2.00 bits per heavy atom. The SMILES string of the molecule is O=C(O)c1cnc(=O)[nH]c1-c1ccc(F)c(F)c1. The van der Waals surface area contributed by atoms with E-state index in [0.717, 1.165) is 24.4 Å². The molecule has 0 fully saturated rings. The van der Waals surface area contributed by atoms with Gasteiger partial charge < -0.3 is 10.1 Å². The highest BCUT2D eigenvalue weighted by Crippen LogP contribution is 2.21. The third kappa shape index (κ3) is 2.10. The Bertz CT molecular complexity index is 682. The van der Waals surface area contributed by atoms with Gasteiger partial charge in [-0.25, -0.2) is 23.4 Å². The summed E-state index contributed by atoms with van der Waals surface area (Å²) >= 11 is 0. The lowest BCUT2D eigenvalue weighted by atomic mass is 10.1. The molecule has 0 unspecified atom stereocenters. The van der Waals surface area contributed by atoms with Crippen LogP contribution in [0.25, 0.3) is 11.3 Å². The van der Waals surface area contributed by atoms with Crippen molar-refractivity contribution in [2.45, 2.75) is 0 Å². The number of aromatic amines is 1. The molecule has 0 saturated heterocycles. The van der Waals surface area contributed by atoms with Crippen molar-refractivity contribution in [3.8, 4) is 11.3 Å². The van der Waals surface area contributed by atoms with Crippen LogP contribution in [-0.2, 0) is 0 Å². The van der Waals surface area contributed by atoms with Crippen LogP contribution in [0.15, 0.2) is 29.2 Å². The molecular weight excluding hydrogens is 246 g/mol. The van der Waals surface area contributed by atoms with E-state index in [-0.39, 0.29) is 16.8 Å². The van der Waals surface area contributed by atoms with Gasteiger partial charge in [-0.1, -0.05) is 0 Å². The maximum Gasteiger partial charge on any atom is 0.345 e. The number of carboxylic acids is 1. The smallest absolute Gasteiger partial charge is 0.345 e. The first-order valence-electron chi connectivity index (χ1n) is 4.77. The normalized spacial score (nSPS) is 10.3. The van der Waals surface area contributed by atoms with E-state index in [4.69, 9.17) is 5.11 Å². The van der Waals surface area contributed by atoms with Gasteiger partial charge in [0, 0.05) is 11.8 Å². The van der Waals surface area contributed by atoms with Gasteiger partial charge in [-0.3, -0.25) is 0 Å². The molecule has 0 amide bonds. The molecule has 18 heavy (non-hydrogen) atoms. The molecule has 0 aliphatic carbocycles. The fourth-order valence-corrected chi connectivity index (χ4v) is 1.44. The quantitative estimate of drug-likeness (QED) is 0.846. The van der Waals surface area contributed by atoms with E-state index >= 15 is 0 Å². The second-order valence-electron chi connectivity index (χ2n) is 3.41. The van der Waals surface area contributed by atoms with Gasteiger partial charge in [0.1, 0.15) is 5.56 Å². The van der Waals surface area contributed by atoms with Gasteiger partial charge in [-0.15, -0.1) is 0 Å². The van der Waals surface area contributed by atoms with Gasteiger partial charge in [0.2, 0.25) is 0 Å². The van der Waals surface area contributed by atoms with Crippen LogP contribution in [0.4, 0.5) is 8.78 Å². The van der Waals surface area contributed by atoms with Crippen LogP contribution < -0.4 is 5.69 Å². The van der Waals surface area contributed by atoms with E-state index in [1.165, 1.54) is 0 Å². The molecule has 0 spiro atoms. The molecule has 7 heteroatoms. The first-order valence-corrected chi connectivity index (χ1v) is 4.77. The summed E-state index contributed by atoms with van der Waals surface area (Å²) in [4.78, 5) is 27.4. The Hall–Kier alpha value is -2.57. The van der Waals surface area contributed by atoms with E-state index in [2.05, 4.69) is 9.97 Å². The first-order chi connectivity index (χ1) is 8.49. The monoisotopic (exact) mass is 252 g/mol. The number of aromatic carboxylic acids is 1. The van der Waals surface area contributed by atoms with Crippen molar-refractivity contribution < 1.29 is 18.7 Å². The van der Waals surface area contributed by atoms with Crippen molar-refractivity contribution in [3.05, 3.63) is 52.1 Å². The van der Waals surface area contributed by atoms with Gasteiger partial charge in [0.25, 0.3) is 0 Å². The molecule has 2 rings (SSSR count). The molecule has 0 aliphatic rings. The number of hydrogen-bond acceptors (Lipinski definition) is 3. The highest BCUT2D eigenvalue weighted by Gasteiger charge is 2.15. The minimum absolute atomic E-state index is 0.0470. The Labute approximate surface area is 98.7 Å². The molecule has 1 aromatic carbocycles. The Kier molecular flexibility index (Phi) is 2.88. The summed E-state index contributed by atoms with van der Waals surface area (Å²) in [5, 5.41) is 8.91. The van der Waals surface area contributed by atoms with E-state index in [1.807, 2.05) is 0 Å². The average Bonchev–Trinajstić information content (AvgIpc) is 2.32. The number of nitrogens with one attached hydrogen (secondary N) is 1. The number of halogens is 2. The lowest BCUT2D eigenvalue weighted by molar-refractivity contribution is 0.0697. The van der Waals surface area contributed by atoms with Crippen molar-refractivity contribution in [3.63, 3.8) is 0 Å². The van der Waals surface area contributed by atoms with Crippen molar-refractivity contribution in [1.82, 2.24) is 9.97 Å². The van der Waals surface area contributed by atoms with Crippen molar-refractivity contribution in [2.75, 3.05) is 0 Å². The summed E-state index contributed by atoms with van der Waals surface area (Å²) in [6, 6.07) is 2.80. The number of nitrogens with zero attached hydrogens (tertiary/aromatic N) is 1. The Morgan fingerprint density at radius 1 is 1.28 bits per heavy atom. The zero-order chi connectivity index (χ0) is 13.3. The molecule has 0 atom stereocenters. The fraction of sp³-hybridized carbons (Fsp3) is 0. The summed E-state index contributed by atoms with van der Waals surface area (Å²) in [6.07, 6.45) is 0.859. The van der Waals surface area contributed by atoms with Gasteiger partial charge >= 0.3 is 11.7 Å². The minimum atomic E-state index is -1.33. The van der Waals surface area contributed by atoms with Crippen molar-refractivity contribution >= 4 is 5.97 Å². The van der Waals surface area contributed by atoms with Gasteiger partial charge in [-0.2, -0.15) is 0 Å². The predicted octanol–water partition coefficient (Wildman–Crippen LogP) is 1.41. The Morgan fingerprint density at radius 3 is 2.61 bits per heavy atom. The topological polar surface area (TPSA) is 83.0 Å². The predicted molar refractivity (Wildman–Crippen MR) is 57.2 cm³/mol. The van der Waals surface area contributed by atoms with E-state index in [1.54, 1.807) is 0 Å². The molecule has 2 N–H and O–H groups in total. The maximum absolute atomic E-state index is 13.1. The molecular formula is C11H6F2N2O3. The fourth-order valence-electron chi connectivity index (χ4n) is 1.44. The number of carbonyl (C=O) groups is 1. The molecule has 0 radical (unpaired) electrons. The summed E-state index contributed by atoms with van der Waals surface area (Å²) in [5.41, 5.74) is -1.16. The van der Waals surface area contributed by atoms with Gasteiger partial charge in [0.15, 0.2) is 11.6 Å². The van der Waals surface area contributed by atoms with Crippen molar-refractivity contribution in [2.24, 2.45) is 0 Å². The largest absolute Gasteiger partial charge is 0.478 e. The number of aromatic nitrogens is 2. The van der Waals surface area contributed by atoms with E-state index < -0.39 is 23.3 Å². The van der Waals surface area contributed by atoms with Gasteiger partial charge in [-0.05, 0) is 18.2 Å². The number of carboxylic acid groups (broad SMARTS) is 1. The molecule has 0 bridgehead atoms. The third-order valence-electron chi connectivity index (χ3n) is 2.25. The second-order valence-corrected chi connectivity index (χ2v) is 3.41. The van der Waals surface area contributed by atoms with E-state index in [0.29, 0.717) is 0 Å². The summed E-state index contributed by atoms with van der Waals surface area (Å²) in [6.45, 7) is 0. The molecule has 0 saturated carbocycles. The van der Waals surface area contributed by atoms with Crippen molar-refractivity contribution in [1.29, 1.82) is 0 Å². The summed E-state index contributed by atoms with van der Waals surface area (Å²) in [7, 11) is 0. The van der Waals surface area contributed by atoms with Crippen LogP contribution in [0.5, 0.6) is 0 Å². The van der Waals surface area contributed by atoms with Crippen LogP contribution in [0.1, 0.15) is 10.4 Å². The van der Waals surface area contributed by atoms with Gasteiger partial charge in [0.05, 0.1) is 5.69 Å². The molecule has 1 aromatic heterocycles. The number of hydrogen-bond donors (Lipinski definition) is 2. The molecule has 2 aromatic rings. The molecule has 5 nitrogen and oxygen atoms in total. The molecule has 92 valence electrons. The molecule has 0 aliphatic heterocycles. The highest BCUT2D eigenvalue weighted by molar-refractivity contribution is 5.94. The van der Waals surface area contributed by atoms with E-state index in [9.17, 15) is 18.4 Å². The van der Waals surface area contributed by atoms with Crippen LogP contribution in [0.2, 0.25) is 0 Å². The van der Waals surface area contributed by atoms with Crippen LogP contribution in [-0.4, -0.2) is 21.0 Å². The first kappa shape index (κ1) is 11.9.